The monoisotopic (exact) mass is 230 g/mol. The molecule has 4 N–H and O–H groups in total. The normalized spacial score (nSPS) is 19.5. The van der Waals surface area contributed by atoms with Gasteiger partial charge in [0, 0.05) is 0 Å². The molecule has 0 aliphatic carbocycles. The molecule has 0 aromatic carbocycles. The quantitative estimate of drug-likeness (QED) is 0.674. The van der Waals surface area contributed by atoms with Crippen LogP contribution in [0.1, 0.15) is 6.92 Å². The highest BCUT2D eigenvalue weighted by Gasteiger charge is 2.72. The molecule has 0 amide bonds. The maximum Gasteiger partial charge on any atom is 0.454 e. The third kappa shape index (κ3) is 2.28. The lowest BCUT2D eigenvalue weighted by atomic mass is 10.1. The van der Waals surface area contributed by atoms with E-state index in [-0.39, 0.29) is 12.4 Å². The Labute approximate surface area is 74.3 Å². The standard InChI is InChI=1S/C5H6F6O2.H2O/c1-2(12)3(6,7)4(8,13)5(9,10)11;/h2,12-13H,1H3;1H2. The first-order chi connectivity index (χ1) is 5.44. The van der Waals surface area contributed by atoms with Crippen LogP contribution in [0.25, 0.3) is 0 Å². The highest BCUT2D eigenvalue weighted by molar-refractivity contribution is 4.93. The van der Waals surface area contributed by atoms with Crippen molar-refractivity contribution in [1.82, 2.24) is 0 Å². The molecule has 14 heavy (non-hydrogen) atoms. The number of hydrogen-bond acceptors (Lipinski definition) is 2. The molecule has 0 fully saturated rings. The molecule has 88 valence electrons. The Hall–Kier alpha value is -0.540. The molecular formula is C5H8F6O3. The van der Waals surface area contributed by atoms with Gasteiger partial charge in [-0.15, -0.1) is 0 Å². The third-order valence-corrected chi connectivity index (χ3v) is 1.34. The summed E-state index contributed by atoms with van der Waals surface area (Å²) in [4.78, 5) is 0. The van der Waals surface area contributed by atoms with Gasteiger partial charge in [-0.05, 0) is 6.92 Å². The van der Waals surface area contributed by atoms with Crippen molar-refractivity contribution in [3.8, 4) is 0 Å². The predicted octanol–water partition coefficient (Wildman–Crippen LogP) is 0.398. The second-order valence-corrected chi connectivity index (χ2v) is 2.42. The topological polar surface area (TPSA) is 72.0 Å². The Morgan fingerprint density at radius 2 is 1.29 bits per heavy atom. The minimum Gasteiger partial charge on any atom is -0.412 e. The average molecular weight is 230 g/mol. The number of halogens is 6. The average Bonchev–Trinajstić information content (AvgIpc) is 1.84. The highest BCUT2D eigenvalue weighted by Crippen LogP contribution is 2.44. The van der Waals surface area contributed by atoms with Crippen molar-refractivity contribution in [2.75, 3.05) is 0 Å². The number of hydrogen-bond donors (Lipinski definition) is 2. The van der Waals surface area contributed by atoms with Crippen LogP contribution in [0.4, 0.5) is 26.3 Å². The van der Waals surface area contributed by atoms with Gasteiger partial charge in [0.1, 0.15) is 6.10 Å². The van der Waals surface area contributed by atoms with E-state index in [9.17, 15) is 26.3 Å². The fourth-order valence-electron chi connectivity index (χ4n) is 0.466. The van der Waals surface area contributed by atoms with E-state index in [0.29, 0.717) is 0 Å². The van der Waals surface area contributed by atoms with E-state index in [0.717, 1.165) is 0 Å². The zero-order chi connectivity index (χ0) is 11.1. The largest absolute Gasteiger partial charge is 0.454 e. The Morgan fingerprint density at radius 3 is 1.36 bits per heavy atom. The van der Waals surface area contributed by atoms with Crippen LogP contribution in [-0.2, 0) is 0 Å². The molecule has 0 rings (SSSR count). The Kier molecular flexibility index (Phi) is 4.44. The van der Waals surface area contributed by atoms with Crippen LogP contribution in [-0.4, -0.2) is 39.7 Å². The lowest BCUT2D eigenvalue weighted by molar-refractivity contribution is -0.398. The molecule has 0 aliphatic heterocycles. The van der Waals surface area contributed by atoms with Crippen molar-refractivity contribution in [2.45, 2.75) is 31.0 Å². The molecule has 0 bridgehead atoms. The molecule has 0 aromatic rings. The lowest BCUT2D eigenvalue weighted by Gasteiger charge is -2.31. The van der Waals surface area contributed by atoms with Crippen molar-refractivity contribution in [2.24, 2.45) is 0 Å². The van der Waals surface area contributed by atoms with E-state index >= 15 is 0 Å². The van der Waals surface area contributed by atoms with E-state index < -0.39 is 24.1 Å². The maximum atomic E-state index is 12.2. The fourth-order valence-corrected chi connectivity index (χ4v) is 0.466. The summed E-state index contributed by atoms with van der Waals surface area (Å²) in [5, 5.41) is 16.0. The molecule has 0 aromatic heterocycles. The van der Waals surface area contributed by atoms with Gasteiger partial charge in [-0.1, -0.05) is 0 Å². The molecule has 3 nitrogen and oxygen atoms in total. The Morgan fingerprint density at radius 1 is 1.00 bits per heavy atom. The zero-order valence-corrected chi connectivity index (χ0v) is 6.74. The van der Waals surface area contributed by atoms with Gasteiger partial charge in [-0.3, -0.25) is 0 Å². The van der Waals surface area contributed by atoms with E-state index in [1.165, 1.54) is 0 Å². The first-order valence-electron chi connectivity index (χ1n) is 2.98. The van der Waals surface area contributed by atoms with E-state index in [1.54, 1.807) is 0 Å². The van der Waals surface area contributed by atoms with E-state index in [4.69, 9.17) is 10.2 Å². The van der Waals surface area contributed by atoms with Crippen molar-refractivity contribution in [3.05, 3.63) is 0 Å². The summed E-state index contributed by atoms with van der Waals surface area (Å²) in [5.74, 6) is -11.0. The Bertz CT molecular complexity index is 186. The van der Waals surface area contributed by atoms with Crippen molar-refractivity contribution >= 4 is 0 Å². The molecule has 0 radical (unpaired) electrons. The first-order valence-corrected chi connectivity index (χ1v) is 2.98. The molecule has 0 spiro atoms. The summed E-state index contributed by atoms with van der Waals surface area (Å²) in [6.45, 7) is 0.232. The fraction of sp³-hybridized carbons (Fsp3) is 1.00. The minimum absolute atomic E-state index is 0. The predicted molar refractivity (Wildman–Crippen MR) is 32.4 cm³/mol. The highest BCUT2D eigenvalue weighted by atomic mass is 19.4. The van der Waals surface area contributed by atoms with Crippen molar-refractivity contribution in [3.63, 3.8) is 0 Å². The van der Waals surface area contributed by atoms with Gasteiger partial charge in [-0.25, -0.2) is 0 Å². The van der Waals surface area contributed by atoms with Gasteiger partial charge in [0.15, 0.2) is 0 Å². The summed E-state index contributed by atoms with van der Waals surface area (Å²) in [7, 11) is 0. The maximum absolute atomic E-state index is 12.2. The second kappa shape index (κ2) is 3.91. The first kappa shape index (κ1) is 15.9. The van der Waals surface area contributed by atoms with Crippen LogP contribution >= 0.6 is 0 Å². The van der Waals surface area contributed by atoms with Gasteiger partial charge in [0.05, 0.1) is 0 Å². The van der Waals surface area contributed by atoms with E-state index in [1.807, 2.05) is 0 Å². The number of rotatable bonds is 2. The molecular weight excluding hydrogens is 222 g/mol. The van der Waals surface area contributed by atoms with Crippen LogP contribution in [0.2, 0.25) is 0 Å². The van der Waals surface area contributed by atoms with Gasteiger partial charge in [-0.2, -0.15) is 26.3 Å². The summed E-state index contributed by atoms with van der Waals surface area (Å²) in [6, 6.07) is 0. The van der Waals surface area contributed by atoms with Crippen LogP contribution in [0, 0.1) is 0 Å². The van der Waals surface area contributed by atoms with Crippen molar-refractivity contribution < 1.29 is 42.0 Å². The molecule has 9 heteroatoms. The summed E-state index contributed by atoms with van der Waals surface area (Å²) in [5.41, 5.74) is 0. The summed E-state index contributed by atoms with van der Waals surface area (Å²) >= 11 is 0. The van der Waals surface area contributed by atoms with Crippen LogP contribution in [0.5, 0.6) is 0 Å². The number of aliphatic hydroxyl groups excluding tert-OH is 1. The lowest BCUT2D eigenvalue weighted by Crippen LogP contribution is -2.59. The molecule has 0 saturated carbocycles. The molecule has 2 unspecified atom stereocenters. The van der Waals surface area contributed by atoms with Gasteiger partial charge in [0.25, 0.3) is 0 Å². The van der Waals surface area contributed by atoms with Crippen LogP contribution < -0.4 is 0 Å². The SMILES string of the molecule is CC(O)C(F)(F)C(O)(F)C(F)(F)F.O. The molecule has 0 aliphatic rings. The molecule has 0 saturated heterocycles. The van der Waals surface area contributed by atoms with Gasteiger partial charge >= 0.3 is 18.0 Å². The molecule has 0 heterocycles. The Balaban J connectivity index is 0. The minimum atomic E-state index is -6.16. The van der Waals surface area contributed by atoms with E-state index in [2.05, 4.69) is 0 Å². The third-order valence-electron chi connectivity index (χ3n) is 1.34. The number of alkyl halides is 6. The summed E-state index contributed by atoms with van der Waals surface area (Å²) < 4.78 is 71.0. The number of aliphatic hydroxyl groups is 2. The second-order valence-electron chi connectivity index (χ2n) is 2.42. The van der Waals surface area contributed by atoms with Crippen molar-refractivity contribution in [1.29, 1.82) is 0 Å². The zero-order valence-electron chi connectivity index (χ0n) is 6.74. The molecule has 2 atom stereocenters. The summed E-state index contributed by atoms with van der Waals surface area (Å²) in [6.07, 6.45) is -9.11. The van der Waals surface area contributed by atoms with Crippen LogP contribution in [0.15, 0.2) is 0 Å². The van der Waals surface area contributed by atoms with Gasteiger partial charge in [0.2, 0.25) is 0 Å². The van der Waals surface area contributed by atoms with Crippen LogP contribution in [0.3, 0.4) is 0 Å². The van der Waals surface area contributed by atoms with Gasteiger partial charge < -0.3 is 15.7 Å². The smallest absolute Gasteiger partial charge is 0.412 e.